The molecule has 0 radical (unpaired) electrons. The zero-order chi connectivity index (χ0) is 26.0. The van der Waals surface area contributed by atoms with E-state index < -0.39 is 0 Å². The molecule has 3 aromatic heterocycles. The Balaban J connectivity index is 1.12. The van der Waals surface area contributed by atoms with Crippen molar-refractivity contribution in [2.45, 2.75) is 44.8 Å². The summed E-state index contributed by atoms with van der Waals surface area (Å²) < 4.78 is 5.59. The number of aromatic nitrogens is 5. The SMILES string of the molecule is c1ccc(CN2CCc3c(nc(NCc4cc(-c5ccccc5)no4)nc3Nc3cc(C4CC4)[nH]n3)C2)cc1. The van der Waals surface area contributed by atoms with E-state index in [0.29, 0.717) is 18.4 Å². The quantitative estimate of drug-likeness (QED) is 0.230. The van der Waals surface area contributed by atoms with E-state index in [1.807, 2.05) is 36.4 Å². The lowest BCUT2D eigenvalue weighted by Crippen LogP contribution is -2.31. The molecule has 3 N–H and O–H groups in total. The Hall–Kier alpha value is -4.50. The molecule has 9 heteroatoms. The third-order valence-electron chi connectivity index (χ3n) is 7.30. The van der Waals surface area contributed by atoms with Crippen molar-refractivity contribution in [1.29, 1.82) is 0 Å². The van der Waals surface area contributed by atoms with Crippen LogP contribution in [0, 0.1) is 0 Å². The molecule has 7 rings (SSSR count). The fraction of sp³-hybridized carbons (Fsp3) is 0.267. The molecule has 1 saturated carbocycles. The van der Waals surface area contributed by atoms with Crippen LogP contribution in [0.25, 0.3) is 11.3 Å². The minimum absolute atomic E-state index is 0.431. The van der Waals surface area contributed by atoms with Gasteiger partial charge in [-0.3, -0.25) is 10.00 Å². The van der Waals surface area contributed by atoms with Crippen LogP contribution in [-0.2, 0) is 26.1 Å². The highest BCUT2D eigenvalue weighted by Gasteiger charge is 2.27. The van der Waals surface area contributed by atoms with Gasteiger partial charge < -0.3 is 15.2 Å². The zero-order valence-electron chi connectivity index (χ0n) is 21.6. The van der Waals surface area contributed by atoms with E-state index >= 15 is 0 Å². The van der Waals surface area contributed by atoms with Crippen molar-refractivity contribution < 1.29 is 4.52 Å². The molecule has 2 aromatic carbocycles. The monoisotopic (exact) mass is 518 g/mol. The topological polar surface area (TPSA) is 108 Å². The average molecular weight is 519 g/mol. The van der Waals surface area contributed by atoms with Crippen LogP contribution in [0.2, 0.25) is 0 Å². The van der Waals surface area contributed by atoms with Gasteiger partial charge in [-0.25, -0.2) is 4.98 Å². The van der Waals surface area contributed by atoms with Crippen LogP contribution in [-0.4, -0.2) is 36.8 Å². The molecule has 0 bridgehead atoms. The summed E-state index contributed by atoms with van der Waals surface area (Å²) in [6, 6.07) is 24.6. The van der Waals surface area contributed by atoms with E-state index in [2.05, 4.69) is 67.3 Å². The lowest BCUT2D eigenvalue weighted by atomic mass is 10.0. The second-order valence-corrected chi connectivity index (χ2v) is 10.3. The van der Waals surface area contributed by atoms with Gasteiger partial charge in [-0.1, -0.05) is 65.8 Å². The molecular formula is C30H30N8O. The minimum Gasteiger partial charge on any atom is -0.359 e. The maximum atomic E-state index is 5.59. The summed E-state index contributed by atoms with van der Waals surface area (Å²) in [6.07, 6.45) is 3.32. The van der Waals surface area contributed by atoms with E-state index in [-0.39, 0.29) is 0 Å². The summed E-state index contributed by atoms with van der Waals surface area (Å²) in [7, 11) is 0. The van der Waals surface area contributed by atoms with Crippen molar-refractivity contribution in [2.75, 3.05) is 17.2 Å². The van der Waals surface area contributed by atoms with Crippen molar-refractivity contribution in [2.24, 2.45) is 0 Å². The Kier molecular flexibility index (Phi) is 6.26. The molecule has 1 aliphatic heterocycles. The number of fused-ring (bicyclic) bond motifs is 1. The normalized spacial score (nSPS) is 15.2. The number of rotatable bonds is 9. The maximum absolute atomic E-state index is 5.59. The van der Waals surface area contributed by atoms with Gasteiger partial charge in [0, 0.05) is 54.5 Å². The molecule has 196 valence electrons. The number of nitrogens with zero attached hydrogens (tertiary/aromatic N) is 5. The minimum atomic E-state index is 0.431. The summed E-state index contributed by atoms with van der Waals surface area (Å²) in [5.74, 6) is 3.47. The predicted molar refractivity (Wildman–Crippen MR) is 149 cm³/mol. The first-order valence-electron chi connectivity index (χ1n) is 13.5. The molecule has 0 spiro atoms. The molecule has 0 amide bonds. The maximum Gasteiger partial charge on any atom is 0.225 e. The summed E-state index contributed by atoms with van der Waals surface area (Å²) >= 11 is 0. The van der Waals surface area contributed by atoms with Crippen LogP contribution >= 0.6 is 0 Å². The van der Waals surface area contributed by atoms with Crippen molar-refractivity contribution in [3.05, 3.63) is 101 Å². The Morgan fingerprint density at radius 2 is 1.79 bits per heavy atom. The molecule has 0 atom stereocenters. The van der Waals surface area contributed by atoms with Gasteiger partial charge in [0.1, 0.15) is 11.5 Å². The van der Waals surface area contributed by atoms with Crippen molar-refractivity contribution in [3.8, 4) is 11.3 Å². The fourth-order valence-corrected chi connectivity index (χ4v) is 5.08. The van der Waals surface area contributed by atoms with Gasteiger partial charge in [0.15, 0.2) is 11.6 Å². The summed E-state index contributed by atoms with van der Waals surface area (Å²) in [6.45, 7) is 3.02. The van der Waals surface area contributed by atoms with E-state index in [1.54, 1.807) is 0 Å². The molecule has 1 fully saturated rings. The van der Waals surface area contributed by atoms with Crippen molar-refractivity contribution in [3.63, 3.8) is 0 Å². The molecule has 0 saturated heterocycles. The molecule has 5 aromatic rings. The Morgan fingerprint density at radius 1 is 0.974 bits per heavy atom. The summed E-state index contributed by atoms with van der Waals surface area (Å²) in [5.41, 5.74) is 6.49. The van der Waals surface area contributed by atoms with Crippen LogP contribution in [0.5, 0.6) is 0 Å². The zero-order valence-corrected chi connectivity index (χ0v) is 21.6. The van der Waals surface area contributed by atoms with Gasteiger partial charge in [0.25, 0.3) is 0 Å². The fourth-order valence-electron chi connectivity index (χ4n) is 5.08. The number of benzene rings is 2. The Morgan fingerprint density at radius 3 is 2.62 bits per heavy atom. The standard InChI is InChI=1S/C30H30N8O/c1-3-7-20(8-4-1)18-38-14-13-24-27(19-38)32-30(34-29(24)33-28-16-25(35-36-28)22-11-12-22)31-17-23-15-26(37-39-23)21-9-5-2-6-10-21/h1-10,15-16,22H,11-14,17-19H2,(H3,31,32,33,34,35,36). The summed E-state index contributed by atoms with van der Waals surface area (Å²) in [4.78, 5) is 12.2. The second-order valence-electron chi connectivity index (χ2n) is 10.3. The molecular weight excluding hydrogens is 488 g/mol. The smallest absolute Gasteiger partial charge is 0.225 e. The van der Waals surface area contributed by atoms with E-state index in [0.717, 1.165) is 66.0 Å². The number of nitrogens with one attached hydrogen (secondary N) is 3. The second kappa shape index (κ2) is 10.3. The third-order valence-corrected chi connectivity index (χ3v) is 7.30. The van der Waals surface area contributed by atoms with Crippen LogP contribution in [0.3, 0.4) is 0 Å². The molecule has 1 aliphatic carbocycles. The van der Waals surface area contributed by atoms with Crippen molar-refractivity contribution >= 4 is 17.6 Å². The molecule has 4 heterocycles. The first-order valence-corrected chi connectivity index (χ1v) is 13.5. The van der Waals surface area contributed by atoms with Gasteiger partial charge in [0.05, 0.1) is 12.2 Å². The number of aromatic amines is 1. The molecule has 0 unspecified atom stereocenters. The van der Waals surface area contributed by atoms with E-state index in [4.69, 9.17) is 14.5 Å². The Bertz CT molecular complexity index is 1560. The van der Waals surface area contributed by atoms with Gasteiger partial charge >= 0.3 is 0 Å². The lowest BCUT2D eigenvalue weighted by Gasteiger charge is -2.29. The number of hydrogen-bond donors (Lipinski definition) is 3. The molecule has 39 heavy (non-hydrogen) atoms. The van der Waals surface area contributed by atoms with Crippen LogP contribution in [0.15, 0.2) is 77.3 Å². The van der Waals surface area contributed by atoms with Crippen LogP contribution in [0.4, 0.5) is 17.6 Å². The van der Waals surface area contributed by atoms with Crippen LogP contribution < -0.4 is 10.6 Å². The Labute approximate surface area is 226 Å². The van der Waals surface area contributed by atoms with Gasteiger partial charge in [-0.05, 0) is 24.8 Å². The van der Waals surface area contributed by atoms with Gasteiger partial charge in [-0.2, -0.15) is 10.1 Å². The number of anilines is 3. The highest BCUT2D eigenvalue weighted by Crippen LogP contribution is 2.40. The van der Waals surface area contributed by atoms with Gasteiger partial charge in [0.2, 0.25) is 5.95 Å². The van der Waals surface area contributed by atoms with E-state index in [9.17, 15) is 0 Å². The lowest BCUT2D eigenvalue weighted by molar-refractivity contribution is 0.241. The predicted octanol–water partition coefficient (Wildman–Crippen LogP) is 5.65. The molecule has 9 nitrogen and oxygen atoms in total. The van der Waals surface area contributed by atoms with Gasteiger partial charge in [-0.15, -0.1) is 0 Å². The highest BCUT2D eigenvalue weighted by molar-refractivity contribution is 5.61. The largest absolute Gasteiger partial charge is 0.359 e. The van der Waals surface area contributed by atoms with Crippen molar-refractivity contribution in [1.82, 2.24) is 30.2 Å². The number of hydrogen-bond acceptors (Lipinski definition) is 8. The molecule has 2 aliphatic rings. The van der Waals surface area contributed by atoms with E-state index in [1.165, 1.54) is 24.1 Å². The first kappa shape index (κ1) is 23.6. The first-order chi connectivity index (χ1) is 19.3. The summed E-state index contributed by atoms with van der Waals surface area (Å²) in [5, 5.41) is 18.7. The van der Waals surface area contributed by atoms with Crippen LogP contribution in [0.1, 0.15) is 47.0 Å². The number of H-pyrrole nitrogens is 1. The highest BCUT2D eigenvalue weighted by atomic mass is 16.5. The average Bonchev–Trinajstić information content (AvgIpc) is 3.53. The third kappa shape index (κ3) is 5.39.